The second kappa shape index (κ2) is 8.34. The average molecular weight is 437 g/mol. The van der Waals surface area contributed by atoms with Crippen molar-refractivity contribution in [3.8, 4) is 11.8 Å². The van der Waals surface area contributed by atoms with E-state index >= 15 is 0 Å². The van der Waals surface area contributed by atoms with Crippen LogP contribution in [-0.4, -0.2) is 33.5 Å². The highest BCUT2D eigenvalue weighted by Gasteiger charge is 2.26. The Kier molecular flexibility index (Phi) is 6.50. The highest BCUT2D eigenvalue weighted by atomic mass is 32.2. The zero-order chi connectivity index (χ0) is 21.9. The number of nitrogens with one attached hydrogen (secondary N) is 1. The Morgan fingerprint density at radius 3 is 2.14 bits per heavy atom. The molecule has 4 N–H and O–H groups in total. The molecule has 0 aliphatic heterocycles. The molecule has 0 spiro atoms. The van der Waals surface area contributed by atoms with Crippen molar-refractivity contribution in [2.24, 2.45) is 5.14 Å². The fourth-order valence-electron chi connectivity index (χ4n) is 2.14. The van der Waals surface area contributed by atoms with Crippen molar-refractivity contribution in [1.82, 2.24) is 4.72 Å². The van der Waals surface area contributed by atoms with Crippen LogP contribution in [0.15, 0.2) is 58.3 Å². The molecule has 2 aromatic carbocycles. The Labute approximate surface area is 169 Å². The Balaban J connectivity index is 2.27. The van der Waals surface area contributed by atoms with Crippen LogP contribution in [0.3, 0.4) is 0 Å². The number of primary sulfonamides is 1. The zero-order valence-electron chi connectivity index (χ0n) is 15.7. The van der Waals surface area contributed by atoms with Crippen LogP contribution in [0.1, 0.15) is 36.2 Å². The van der Waals surface area contributed by atoms with E-state index in [2.05, 4.69) is 11.8 Å². The number of carbonyl (C=O) groups is 1. The Morgan fingerprint density at radius 2 is 1.62 bits per heavy atom. The molecule has 0 aromatic heterocycles. The van der Waals surface area contributed by atoms with Gasteiger partial charge in [0.15, 0.2) is 0 Å². The van der Waals surface area contributed by atoms with E-state index in [1.807, 2.05) is 4.72 Å². The Morgan fingerprint density at radius 1 is 1.07 bits per heavy atom. The van der Waals surface area contributed by atoms with Gasteiger partial charge >= 0.3 is 0 Å². The van der Waals surface area contributed by atoms with Gasteiger partial charge < -0.3 is 5.11 Å². The molecule has 0 fully saturated rings. The number of hydrogen-bond acceptors (Lipinski definition) is 6. The van der Waals surface area contributed by atoms with Crippen molar-refractivity contribution in [2.45, 2.75) is 35.7 Å². The van der Waals surface area contributed by atoms with Gasteiger partial charge in [-0.2, -0.15) is 0 Å². The Bertz CT molecular complexity index is 1190. The van der Waals surface area contributed by atoms with Crippen LogP contribution in [0.5, 0.6) is 0 Å². The first kappa shape index (κ1) is 22.6. The van der Waals surface area contributed by atoms with Crippen molar-refractivity contribution < 1.29 is 26.7 Å². The lowest BCUT2D eigenvalue weighted by Crippen LogP contribution is -2.32. The molecule has 0 heterocycles. The molecule has 0 aliphatic carbocycles. The normalized spacial score (nSPS) is 13.7. The van der Waals surface area contributed by atoms with Crippen molar-refractivity contribution in [1.29, 1.82) is 0 Å². The lowest BCUT2D eigenvalue weighted by atomic mass is 10.0. The largest absolute Gasteiger partial charge is 0.378 e. The van der Waals surface area contributed by atoms with Gasteiger partial charge in [-0.1, -0.05) is 30.9 Å². The molecule has 1 atom stereocenters. The number of sulfonamides is 2. The molecule has 0 saturated heterocycles. The van der Waals surface area contributed by atoms with Crippen molar-refractivity contribution in [3.05, 3.63) is 59.7 Å². The molecule has 0 aliphatic rings. The quantitative estimate of drug-likeness (QED) is 0.596. The van der Waals surface area contributed by atoms with E-state index < -0.39 is 41.3 Å². The maximum atomic E-state index is 12.5. The monoisotopic (exact) mass is 436 g/mol. The topological polar surface area (TPSA) is 144 Å². The molecular formula is C19H20N2O6S2. The maximum Gasteiger partial charge on any atom is 0.265 e. The van der Waals surface area contributed by atoms with Gasteiger partial charge in [-0.05, 0) is 49.7 Å². The maximum absolute atomic E-state index is 12.5. The number of nitrogens with two attached hydrogens (primary N) is 1. The molecule has 2 rings (SSSR count). The summed E-state index contributed by atoms with van der Waals surface area (Å²) in [5, 5.41) is 14.9. The summed E-state index contributed by atoms with van der Waals surface area (Å²) in [5.41, 5.74) is -0.590. The van der Waals surface area contributed by atoms with Crippen LogP contribution in [0.4, 0.5) is 0 Å². The molecule has 0 radical (unpaired) electrons. The predicted octanol–water partition coefficient (Wildman–Crippen LogP) is 0.965. The lowest BCUT2D eigenvalue weighted by Gasteiger charge is -2.12. The smallest absolute Gasteiger partial charge is 0.265 e. The first-order chi connectivity index (χ1) is 13.4. The van der Waals surface area contributed by atoms with Gasteiger partial charge in [0.1, 0.15) is 15.4 Å². The second-order valence-electron chi connectivity index (χ2n) is 6.38. The summed E-state index contributed by atoms with van der Waals surface area (Å²) in [6.07, 6.45) is 0.443. The fourth-order valence-corrected chi connectivity index (χ4v) is 4.50. The van der Waals surface area contributed by atoms with E-state index in [1.165, 1.54) is 36.4 Å². The van der Waals surface area contributed by atoms with E-state index in [0.29, 0.717) is 12.0 Å². The van der Waals surface area contributed by atoms with Gasteiger partial charge in [0.2, 0.25) is 10.0 Å². The molecular weight excluding hydrogens is 416 g/mol. The van der Waals surface area contributed by atoms with Crippen LogP contribution in [0.2, 0.25) is 0 Å². The SMILES string of the molecule is CCC(C)(O)C#Cc1ccc(C(=O)NS(=O)(=O)c2ccccc2S(N)(=O)=O)cc1. The zero-order valence-corrected chi connectivity index (χ0v) is 17.3. The van der Waals surface area contributed by atoms with E-state index in [0.717, 1.165) is 12.1 Å². The van der Waals surface area contributed by atoms with E-state index in [1.54, 1.807) is 13.8 Å². The summed E-state index contributed by atoms with van der Waals surface area (Å²) in [5.74, 6) is 4.51. The molecule has 1 unspecified atom stereocenters. The number of amides is 1. The van der Waals surface area contributed by atoms with Crippen LogP contribution in [0.25, 0.3) is 0 Å². The average Bonchev–Trinajstić information content (AvgIpc) is 2.66. The van der Waals surface area contributed by atoms with Crippen LogP contribution in [0, 0.1) is 11.8 Å². The molecule has 154 valence electrons. The standard InChI is InChI=1S/C19H20N2O6S2/c1-3-19(2,23)13-12-14-8-10-15(11-9-14)18(22)21-29(26,27)17-7-5-4-6-16(17)28(20,24)25/h4-11,23H,3H2,1-2H3,(H,21,22)(H2,20,24,25). The summed E-state index contributed by atoms with van der Waals surface area (Å²) in [6.45, 7) is 3.36. The number of carbonyl (C=O) groups excluding carboxylic acids is 1. The highest BCUT2D eigenvalue weighted by Crippen LogP contribution is 2.19. The molecule has 8 nitrogen and oxygen atoms in total. The van der Waals surface area contributed by atoms with Crippen LogP contribution in [-0.2, 0) is 20.0 Å². The minimum absolute atomic E-state index is 0.0227. The molecule has 0 bridgehead atoms. The summed E-state index contributed by atoms with van der Waals surface area (Å²) in [4.78, 5) is 11.1. The first-order valence-corrected chi connectivity index (χ1v) is 11.4. The van der Waals surface area contributed by atoms with Gasteiger partial charge in [0, 0.05) is 11.1 Å². The molecule has 10 heteroatoms. The summed E-state index contributed by atoms with van der Waals surface area (Å²) < 4.78 is 50.0. The third-order valence-corrected chi connectivity index (χ3v) is 6.47. The molecule has 29 heavy (non-hydrogen) atoms. The van der Waals surface area contributed by atoms with E-state index in [4.69, 9.17) is 5.14 Å². The predicted molar refractivity (Wildman–Crippen MR) is 107 cm³/mol. The number of rotatable bonds is 5. The lowest BCUT2D eigenvalue weighted by molar-refractivity contribution is 0.0981. The minimum atomic E-state index is -4.48. The summed E-state index contributed by atoms with van der Waals surface area (Å²) >= 11 is 0. The van der Waals surface area contributed by atoms with Gasteiger partial charge in [0.25, 0.3) is 15.9 Å². The number of hydrogen-bond donors (Lipinski definition) is 3. The third-order valence-electron chi connectivity index (χ3n) is 3.98. The third kappa shape index (κ3) is 5.88. The van der Waals surface area contributed by atoms with Crippen LogP contribution >= 0.6 is 0 Å². The van der Waals surface area contributed by atoms with E-state index in [9.17, 15) is 26.7 Å². The summed E-state index contributed by atoms with van der Waals surface area (Å²) in [6, 6.07) is 10.4. The van der Waals surface area contributed by atoms with Crippen molar-refractivity contribution in [3.63, 3.8) is 0 Å². The first-order valence-electron chi connectivity index (χ1n) is 8.40. The minimum Gasteiger partial charge on any atom is -0.378 e. The number of aliphatic hydroxyl groups is 1. The molecule has 2 aromatic rings. The van der Waals surface area contributed by atoms with Crippen LogP contribution < -0.4 is 9.86 Å². The Hall–Kier alpha value is -2.71. The highest BCUT2D eigenvalue weighted by molar-refractivity contribution is 7.92. The van der Waals surface area contributed by atoms with Crippen molar-refractivity contribution >= 4 is 26.0 Å². The van der Waals surface area contributed by atoms with Gasteiger partial charge in [-0.15, -0.1) is 0 Å². The van der Waals surface area contributed by atoms with Gasteiger partial charge in [-0.25, -0.2) is 26.7 Å². The molecule has 1 amide bonds. The summed E-state index contributed by atoms with van der Waals surface area (Å²) in [7, 11) is -8.79. The second-order valence-corrected chi connectivity index (χ2v) is 9.56. The van der Waals surface area contributed by atoms with Gasteiger partial charge in [0.05, 0.1) is 0 Å². The number of benzene rings is 2. The fraction of sp³-hybridized carbons (Fsp3) is 0.211. The van der Waals surface area contributed by atoms with Gasteiger partial charge in [-0.3, -0.25) is 4.79 Å². The molecule has 0 saturated carbocycles. The van der Waals surface area contributed by atoms with Crippen molar-refractivity contribution in [2.75, 3.05) is 0 Å². The van der Waals surface area contributed by atoms with E-state index in [-0.39, 0.29) is 5.56 Å².